The third-order valence-corrected chi connectivity index (χ3v) is 3.95. The van der Waals surface area contributed by atoms with E-state index in [0.717, 1.165) is 23.5 Å². The summed E-state index contributed by atoms with van der Waals surface area (Å²) in [6, 6.07) is 9.63. The maximum atomic E-state index is 12.5. The minimum absolute atomic E-state index is 0.125. The summed E-state index contributed by atoms with van der Waals surface area (Å²) < 4.78 is 10.7. The molecule has 2 heterocycles. The van der Waals surface area contributed by atoms with Gasteiger partial charge in [0.25, 0.3) is 0 Å². The van der Waals surface area contributed by atoms with Crippen molar-refractivity contribution in [2.45, 2.75) is 19.8 Å². The summed E-state index contributed by atoms with van der Waals surface area (Å²) in [5.74, 6) is 1.58. The number of carbonyl (C=O) groups excluding carboxylic acids is 1. The summed E-state index contributed by atoms with van der Waals surface area (Å²) in [6.45, 7) is 3.67. The van der Waals surface area contributed by atoms with Gasteiger partial charge in [0, 0.05) is 25.5 Å². The van der Waals surface area contributed by atoms with Crippen LogP contribution in [0.5, 0.6) is 11.5 Å². The van der Waals surface area contributed by atoms with Gasteiger partial charge in [-0.05, 0) is 48.7 Å². The monoisotopic (exact) mass is 312 g/mol. The number of rotatable bonds is 6. The molecule has 0 radical (unpaired) electrons. The molecule has 1 aromatic heterocycles. The second kappa shape index (κ2) is 7.13. The molecule has 23 heavy (non-hydrogen) atoms. The van der Waals surface area contributed by atoms with Crippen LogP contribution in [-0.2, 0) is 17.6 Å². The minimum atomic E-state index is 0.125. The molecule has 1 amide bonds. The fraction of sp³-hybridized carbons (Fsp3) is 0.333. The zero-order valence-corrected chi connectivity index (χ0v) is 13.2. The summed E-state index contributed by atoms with van der Waals surface area (Å²) in [5.41, 5.74) is 2.14. The fourth-order valence-electron chi connectivity index (χ4n) is 2.61. The van der Waals surface area contributed by atoms with E-state index >= 15 is 0 Å². The molecule has 1 aliphatic rings. The van der Waals surface area contributed by atoms with Gasteiger partial charge in [-0.25, -0.2) is 0 Å². The van der Waals surface area contributed by atoms with E-state index in [1.807, 2.05) is 42.2 Å². The van der Waals surface area contributed by atoms with E-state index in [4.69, 9.17) is 9.47 Å². The number of amides is 1. The predicted octanol–water partition coefficient (Wildman–Crippen LogP) is 2.44. The smallest absolute Gasteiger partial charge is 0.231 e. The van der Waals surface area contributed by atoms with Crippen molar-refractivity contribution in [2.24, 2.45) is 0 Å². The van der Waals surface area contributed by atoms with Crippen LogP contribution in [0, 0.1) is 0 Å². The first-order chi connectivity index (χ1) is 11.3. The van der Waals surface area contributed by atoms with Gasteiger partial charge in [-0.15, -0.1) is 0 Å². The molecule has 5 nitrogen and oxygen atoms in total. The summed E-state index contributed by atoms with van der Waals surface area (Å²) >= 11 is 0. The van der Waals surface area contributed by atoms with Crippen molar-refractivity contribution >= 4 is 5.91 Å². The van der Waals surface area contributed by atoms with Crippen molar-refractivity contribution in [3.05, 3.63) is 53.9 Å². The third-order valence-electron chi connectivity index (χ3n) is 3.95. The molecule has 1 aromatic carbocycles. The van der Waals surface area contributed by atoms with Crippen LogP contribution in [0.4, 0.5) is 0 Å². The summed E-state index contributed by atoms with van der Waals surface area (Å²) in [5, 5.41) is 0. The lowest BCUT2D eigenvalue weighted by Gasteiger charge is -2.21. The van der Waals surface area contributed by atoms with Crippen LogP contribution in [0.1, 0.15) is 18.1 Å². The van der Waals surface area contributed by atoms with Crippen molar-refractivity contribution < 1.29 is 14.3 Å². The summed E-state index contributed by atoms with van der Waals surface area (Å²) in [6.07, 6.45) is 4.77. The van der Waals surface area contributed by atoms with E-state index in [2.05, 4.69) is 4.98 Å². The minimum Gasteiger partial charge on any atom is -0.454 e. The molecule has 0 saturated carbocycles. The average Bonchev–Trinajstić information content (AvgIpc) is 3.04. The van der Waals surface area contributed by atoms with E-state index in [-0.39, 0.29) is 12.7 Å². The first kappa shape index (κ1) is 15.3. The Morgan fingerprint density at radius 3 is 2.70 bits per heavy atom. The van der Waals surface area contributed by atoms with Crippen molar-refractivity contribution in [3.8, 4) is 11.5 Å². The second-order valence-corrected chi connectivity index (χ2v) is 5.44. The number of nitrogens with zero attached hydrogens (tertiary/aromatic N) is 2. The van der Waals surface area contributed by atoms with Crippen molar-refractivity contribution in [1.82, 2.24) is 9.88 Å². The zero-order chi connectivity index (χ0) is 16.1. The molecule has 5 heteroatoms. The zero-order valence-electron chi connectivity index (χ0n) is 13.2. The summed E-state index contributed by atoms with van der Waals surface area (Å²) in [4.78, 5) is 18.4. The SMILES string of the molecule is CCN(CCc1ccncc1)C(=O)Cc1ccc2c(c1)OCO2. The van der Waals surface area contributed by atoms with Crippen LogP contribution >= 0.6 is 0 Å². The highest BCUT2D eigenvalue weighted by molar-refractivity contribution is 5.79. The lowest BCUT2D eigenvalue weighted by atomic mass is 10.1. The van der Waals surface area contributed by atoms with Crippen LogP contribution < -0.4 is 9.47 Å². The second-order valence-electron chi connectivity index (χ2n) is 5.44. The van der Waals surface area contributed by atoms with Gasteiger partial charge < -0.3 is 14.4 Å². The number of hydrogen-bond donors (Lipinski definition) is 0. The molecule has 120 valence electrons. The number of aromatic nitrogens is 1. The topological polar surface area (TPSA) is 51.7 Å². The van der Waals surface area contributed by atoms with Gasteiger partial charge in [0.15, 0.2) is 11.5 Å². The Bertz CT molecular complexity index is 673. The van der Waals surface area contributed by atoms with E-state index in [9.17, 15) is 4.79 Å². The Balaban J connectivity index is 1.59. The highest BCUT2D eigenvalue weighted by Crippen LogP contribution is 2.32. The first-order valence-electron chi connectivity index (χ1n) is 7.81. The maximum absolute atomic E-state index is 12.5. The van der Waals surface area contributed by atoms with Crippen molar-refractivity contribution in [1.29, 1.82) is 0 Å². The Labute approximate surface area is 135 Å². The predicted molar refractivity (Wildman–Crippen MR) is 86.5 cm³/mol. The third kappa shape index (κ3) is 3.80. The maximum Gasteiger partial charge on any atom is 0.231 e. The Hall–Kier alpha value is -2.56. The van der Waals surface area contributed by atoms with Gasteiger partial charge in [0.1, 0.15) is 0 Å². The number of benzene rings is 1. The number of pyridine rings is 1. The van der Waals surface area contributed by atoms with Crippen LogP contribution in [-0.4, -0.2) is 35.7 Å². The number of fused-ring (bicyclic) bond motifs is 1. The van der Waals surface area contributed by atoms with Crippen LogP contribution in [0.2, 0.25) is 0 Å². The van der Waals surface area contributed by atoms with Gasteiger partial charge in [-0.2, -0.15) is 0 Å². The molecular weight excluding hydrogens is 292 g/mol. The molecule has 0 atom stereocenters. The Morgan fingerprint density at radius 1 is 1.13 bits per heavy atom. The highest BCUT2D eigenvalue weighted by Gasteiger charge is 2.16. The van der Waals surface area contributed by atoms with Gasteiger partial charge in [-0.3, -0.25) is 9.78 Å². The molecule has 0 saturated heterocycles. The number of carbonyl (C=O) groups is 1. The Morgan fingerprint density at radius 2 is 1.91 bits per heavy atom. The molecule has 3 rings (SSSR count). The van der Waals surface area contributed by atoms with Gasteiger partial charge in [0.2, 0.25) is 12.7 Å². The van der Waals surface area contributed by atoms with E-state index in [1.54, 1.807) is 12.4 Å². The number of hydrogen-bond acceptors (Lipinski definition) is 4. The molecule has 0 spiro atoms. The molecule has 0 fully saturated rings. The van der Waals surface area contributed by atoms with E-state index < -0.39 is 0 Å². The van der Waals surface area contributed by atoms with Crippen molar-refractivity contribution in [3.63, 3.8) is 0 Å². The molecule has 2 aromatic rings. The lowest BCUT2D eigenvalue weighted by molar-refractivity contribution is -0.130. The van der Waals surface area contributed by atoms with E-state index in [0.29, 0.717) is 19.5 Å². The largest absolute Gasteiger partial charge is 0.454 e. The summed E-state index contributed by atoms with van der Waals surface area (Å²) in [7, 11) is 0. The van der Waals surface area contributed by atoms with Gasteiger partial charge in [-0.1, -0.05) is 6.07 Å². The van der Waals surface area contributed by atoms with Gasteiger partial charge >= 0.3 is 0 Å². The fourth-order valence-corrected chi connectivity index (χ4v) is 2.61. The van der Waals surface area contributed by atoms with Crippen LogP contribution in [0.3, 0.4) is 0 Å². The molecular formula is C18H20N2O3. The first-order valence-corrected chi connectivity index (χ1v) is 7.81. The highest BCUT2D eigenvalue weighted by atomic mass is 16.7. The van der Waals surface area contributed by atoms with Crippen LogP contribution in [0.15, 0.2) is 42.7 Å². The van der Waals surface area contributed by atoms with Crippen LogP contribution in [0.25, 0.3) is 0 Å². The van der Waals surface area contributed by atoms with Crippen molar-refractivity contribution in [2.75, 3.05) is 19.9 Å². The van der Waals surface area contributed by atoms with Gasteiger partial charge in [0.05, 0.1) is 6.42 Å². The molecule has 0 bridgehead atoms. The molecule has 1 aliphatic heterocycles. The van der Waals surface area contributed by atoms with E-state index in [1.165, 1.54) is 5.56 Å². The quantitative estimate of drug-likeness (QED) is 0.822. The number of ether oxygens (including phenoxy) is 2. The standard InChI is InChI=1S/C18H20N2O3/c1-2-20(10-7-14-5-8-19-9-6-14)18(21)12-15-3-4-16-17(11-15)23-13-22-16/h3-6,8-9,11H,2,7,10,12-13H2,1H3. The molecule has 0 aliphatic carbocycles. The normalized spacial score (nSPS) is 12.2. The molecule has 0 unspecified atom stereocenters. The lowest BCUT2D eigenvalue weighted by Crippen LogP contribution is -2.33. The number of likely N-dealkylation sites (N-methyl/N-ethyl adjacent to an activating group) is 1. The molecule has 0 N–H and O–H groups in total. The Kier molecular flexibility index (Phi) is 4.76. The average molecular weight is 312 g/mol.